The topological polar surface area (TPSA) is 41.1 Å². The van der Waals surface area contributed by atoms with Crippen molar-refractivity contribution in [1.29, 1.82) is 0 Å². The molecule has 0 aromatic heterocycles. The fraction of sp³-hybridized carbons (Fsp3) is 0.478. The van der Waals surface area contributed by atoms with Gasteiger partial charge in [0.2, 0.25) is 0 Å². The average molecular weight is 351 g/mol. The van der Waals surface area contributed by atoms with E-state index in [1.54, 1.807) is 0 Å². The summed E-state index contributed by atoms with van der Waals surface area (Å²) >= 11 is 0. The van der Waals surface area contributed by atoms with Gasteiger partial charge in [0.25, 0.3) is 0 Å². The standard InChI is InChI=1S/C23H30N2O/c1-16(2)24-14-8-13-23(25-17(3)4)21-12-6-5-10-19(21)20-11-7-9-18(15-26)22(20)23/h5-7,10-12,16-17,24-25H,8-9,13-14H2,1-4H3. The number of rotatable bonds is 7. The molecular formula is C23H30N2O. The Morgan fingerprint density at radius 2 is 1.92 bits per heavy atom. The average Bonchev–Trinajstić information content (AvgIpc) is 2.89. The van der Waals surface area contributed by atoms with E-state index in [-0.39, 0.29) is 5.54 Å². The van der Waals surface area contributed by atoms with Gasteiger partial charge in [-0.3, -0.25) is 0 Å². The predicted octanol–water partition coefficient (Wildman–Crippen LogP) is 4.14. The summed E-state index contributed by atoms with van der Waals surface area (Å²) < 4.78 is 0. The van der Waals surface area contributed by atoms with Gasteiger partial charge in [-0.15, -0.1) is 0 Å². The second kappa shape index (κ2) is 7.75. The van der Waals surface area contributed by atoms with Gasteiger partial charge >= 0.3 is 0 Å². The van der Waals surface area contributed by atoms with Gasteiger partial charge in [0.1, 0.15) is 5.94 Å². The van der Waals surface area contributed by atoms with E-state index in [1.807, 2.05) is 0 Å². The minimum Gasteiger partial charge on any atom is -0.315 e. The van der Waals surface area contributed by atoms with Crippen LogP contribution in [0.2, 0.25) is 0 Å². The Labute approximate surface area is 157 Å². The molecule has 2 aliphatic rings. The highest BCUT2D eigenvalue weighted by atomic mass is 16.1. The van der Waals surface area contributed by atoms with Gasteiger partial charge in [-0.25, -0.2) is 4.79 Å². The highest BCUT2D eigenvalue weighted by Gasteiger charge is 2.46. The van der Waals surface area contributed by atoms with Crippen LogP contribution in [0.15, 0.2) is 47.6 Å². The summed E-state index contributed by atoms with van der Waals surface area (Å²) in [6, 6.07) is 9.38. The molecular weight excluding hydrogens is 320 g/mol. The Morgan fingerprint density at radius 1 is 1.15 bits per heavy atom. The third-order valence-corrected chi connectivity index (χ3v) is 5.22. The van der Waals surface area contributed by atoms with Gasteiger partial charge in [0, 0.05) is 24.1 Å². The van der Waals surface area contributed by atoms with E-state index in [4.69, 9.17) is 0 Å². The Bertz CT molecular complexity index is 781. The van der Waals surface area contributed by atoms with Crippen molar-refractivity contribution in [2.45, 2.75) is 64.6 Å². The van der Waals surface area contributed by atoms with Gasteiger partial charge in [-0.1, -0.05) is 50.3 Å². The van der Waals surface area contributed by atoms with E-state index >= 15 is 0 Å². The van der Waals surface area contributed by atoms with E-state index in [0.29, 0.717) is 18.5 Å². The maximum absolute atomic E-state index is 11.8. The first kappa shape index (κ1) is 18.8. The third-order valence-electron chi connectivity index (χ3n) is 5.22. The molecule has 3 heteroatoms. The second-order valence-corrected chi connectivity index (χ2v) is 7.94. The lowest BCUT2D eigenvalue weighted by Gasteiger charge is -2.38. The van der Waals surface area contributed by atoms with Crippen molar-refractivity contribution in [3.05, 3.63) is 58.7 Å². The first-order valence-electron chi connectivity index (χ1n) is 9.76. The van der Waals surface area contributed by atoms with Crippen LogP contribution in [0.4, 0.5) is 0 Å². The van der Waals surface area contributed by atoms with Crippen molar-refractivity contribution in [1.82, 2.24) is 10.6 Å². The Morgan fingerprint density at radius 3 is 2.62 bits per heavy atom. The van der Waals surface area contributed by atoms with E-state index < -0.39 is 0 Å². The summed E-state index contributed by atoms with van der Waals surface area (Å²) in [5.41, 5.74) is 5.36. The molecule has 0 aliphatic heterocycles. The predicted molar refractivity (Wildman–Crippen MR) is 109 cm³/mol. The smallest absolute Gasteiger partial charge is 0.128 e. The third kappa shape index (κ3) is 3.35. The number of benzene rings is 1. The molecule has 0 saturated heterocycles. The summed E-state index contributed by atoms with van der Waals surface area (Å²) in [7, 11) is 0. The minimum absolute atomic E-state index is 0.309. The molecule has 0 bridgehead atoms. The highest BCUT2D eigenvalue weighted by molar-refractivity contribution is 5.92. The van der Waals surface area contributed by atoms with Crippen LogP contribution >= 0.6 is 0 Å². The van der Waals surface area contributed by atoms with Crippen molar-refractivity contribution >= 4 is 11.5 Å². The van der Waals surface area contributed by atoms with Crippen LogP contribution in [0.5, 0.6) is 0 Å². The van der Waals surface area contributed by atoms with Crippen LogP contribution in [0.1, 0.15) is 58.1 Å². The summed E-state index contributed by atoms with van der Waals surface area (Å²) in [5, 5.41) is 7.36. The molecule has 0 fully saturated rings. The zero-order chi connectivity index (χ0) is 18.7. The van der Waals surface area contributed by atoms with E-state index in [9.17, 15) is 4.79 Å². The lowest BCUT2D eigenvalue weighted by Crippen LogP contribution is -2.47. The first-order valence-corrected chi connectivity index (χ1v) is 9.76. The van der Waals surface area contributed by atoms with Crippen LogP contribution in [0.25, 0.3) is 5.57 Å². The molecule has 3 nitrogen and oxygen atoms in total. The first-order chi connectivity index (χ1) is 12.5. The van der Waals surface area contributed by atoms with Gasteiger partial charge < -0.3 is 10.6 Å². The molecule has 0 radical (unpaired) electrons. The van der Waals surface area contributed by atoms with Crippen LogP contribution < -0.4 is 10.6 Å². The van der Waals surface area contributed by atoms with Crippen LogP contribution in [-0.2, 0) is 10.3 Å². The Hall–Kier alpha value is -1.93. The fourth-order valence-corrected chi connectivity index (χ4v) is 4.39. The molecule has 1 unspecified atom stereocenters. The molecule has 0 spiro atoms. The number of fused-ring (bicyclic) bond motifs is 2. The van der Waals surface area contributed by atoms with Gasteiger partial charge in [-0.2, -0.15) is 0 Å². The fourth-order valence-electron chi connectivity index (χ4n) is 4.39. The minimum atomic E-state index is -0.309. The quantitative estimate of drug-likeness (QED) is 0.573. The monoisotopic (exact) mass is 350 g/mol. The van der Waals surface area contributed by atoms with Crippen molar-refractivity contribution < 1.29 is 4.79 Å². The zero-order valence-corrected chi connectivity index (χ0v) is 16.4. The molecule has 1 aromatic carbocycles. The van der Waals surface area contributed by atoms with Gasteiger partial charge in [0.15, 0.2) is 0 Å². The van der Waals surface area contributed by atoms with Crippen molar-refractivity contribution in [2.24, 2.45) is 0 Å². The Balaban J connectivity index is 2.08. The van der Waals surface area contributed by atoms with E-state index in [0.717, 1.165) is 30.5 Å². The number of hydrogen-bond acceptors (Lipinski definition) is 3. The van der Waals surface area contributed by atoms with Crippen molar-refractivity contribution in [3.63, 3.8) is 0 Å². The van der Waals surface area contributed by atoms with Gasteiger partial charge in [0.05, 0.1) is 5.54 Å². The van der Waals surface area contributed by atoms with Crippen molar-refractivity contribution in [2.75, 3.05) is 6.54 Å². The zero-order valence-electron chi connectivity index (χ0n) is 16.4. The molecule has 1 aromatic rings. The number of hydrogen-bond donors (Lipinski definition) is 2. The largest absolute Gasteiger partial charge is 0.315 e. The Kier molecular flexibility index (Phi) is 5.62. The van der Waals surface area contributed by atoms with E-state index in [1.165, 1.54) is 16.7 Å². The summed E-state index contributed by atoms with van der Waals surface area (Å²) in [4.78, 5) is 11.8. The lowest BCUT2D eigenvalue weighted by molar-refractivity contribution is 0.330. The van der Waals surface area contributed by atoms with Crippen LogP contribution in [0.3, 0.4) is 0 Å². The van der Waals surface area contributed by atoms with Crippen molar-refractivity contribution in [3.8, 4) is 0 Å². The number of nitrogens with one attached hydrogen (secondary N) is 2. The van der Waals surface area contributed by atoms with E-state index in [2.05, 4.69) is 80.7 Å². The summed E-state index contributed by atoms with van der Waals surface area (Å²) in [5.74, 6) is 2.25. The molecule has 26 heavy (non-hydrogen) atoms. The molecule has 1 atom stereocenters. The normalized spacial score (nSPS) is 21.4. The van der Waals surface area contributed by atoms with Crippen LogP contribution in [0, 0.1) is 0 Å². The molecule has 3 rings (SSSR count). The molecule has 2 N–H and O–H groups in total. The number of allylic oxidation sites excluding steroid dienone is 3. The lowest BCUT2D eigenvalue weighted by atomic mass is 9.77. The summed E-state index contributed by atoms with van der Waals surface area (Å²) in [6.07, 6.45) is 6.94. The highest BCUT2D eigenvalue weighted by Crippen LogP contribution is 2.52. The molecule has 138 valence electrons. The molecule has 0 saturated carbocycles. The van der Waals surface area contributed by atoms with Crippen LogP contribution in [-0.4, -0.2) is 24.6 Å². The maximum Gasteiger partial charge on any atom is 0.128 e. The second-order valence-electron chi connectivity index (χ2n) is 7.94. The molecule has 0 amide bonds. The SMILES string of the molecule is CC(C)NCCCC1(NC(C)C)C2=C(C=CCC2=C=O)c2ccccc21. The molecule has 2 aliphatic carbocycles. The number of carbonyl (C=O) groups excluding carboxylic acids is 1. The maximum atomic E-state index is 11.8. The summed E-state index contributed by atoms with van der Waals surface area (Å²) in [6.45, 7) is 9.68. The van der Waals surface area contributed by atoms with Gasteiger partial charge in [-0.05, 0) is 55.5 Å². The molecule has 0 heterocycles.